The molecule has 0 amide bonds. The Morgan fingerprint density at radius 3 is 2.39 bits per heavy atom. The molecule has 5 aliphatic rings. The molecule has 0 radical (unpaired) electrons. The van der Waals surface area contributed by atoms with Crippen LogP contribution in [0.3, 0.4) is 0 Å². The van der Waals surface area contributed by atoms with Gasteiger partial charge in [0.2, 0.25) is 0 Å². The van der Waals surface area contributed by atoms with E-state index in [4.69, 9.17) is 9.47 Å². The SMILES string of the molecule is CC(=O)O[C@H]1CC[C@]2(C)C3=C(CC[C@H]2C1(C)C)[C@]1(C)CC[C@@]2(C)[C@H](C)CCO[C@@]12CC3. The van der Waals surface area contributed by atoms with Gasteiger partial charge < -0.3 is 9.47 Å². The highest BCUT2D eigenvalue weighted by Crippen LogP contribution is 2.74. The van der Waals surface area contributed by atoms with Gasteiger partial charge in [-0.1, -0.05) is 52.7 Å². The Labute approximate surface area is 189 Å². The summed E-state index contributed by atoms with van der Waals surface area (Å²) >= 11 is 0. The standard InChI is InChI=1S/C28H44O3/c1-18-12-17-30-28-14-10-20-21(27(28,7)16-15-26(18,28)6)8-9-22-24(3,4)23(31-19(2)29)11-13-25(20,22)5/h18,22-23H,8-17H2,1-7H3/t18-,22+,23+,25-,26+,27+,28-/m1/s1. The molecule has 174 valence electrons. The second kappa shape index (κ2) is 6.61. The Bertz CT molecular complexity index is 826. The van der Waals surface area contributed by atoms with E-state index < -0.39 is 0 Å². The number of ether oxygens (including phenoxy) is 2. The highest BCUT2D eigenvalue weighted by atomic mass is 16.5. The van der Waals surface area contributed by atoms with Crippen LogP contribution in [0.5, 0.6) is 0 Å². The third kappa shape index (κ3) is 2.53. The lowest BCUT2D eigenvalue weighted by Gasteiger charge is -2.64. The first-order valence-electron chi connectivity index (χ1n) is 13.0. The number of rotatable bonds is 1. The van der Waals surface area contributed by atoms with E-state index in [1.165, 1.54) is 44.9 Å². The molecule has 3 heteroatoms. The molecule has 0 N–H and O–H groups in total. The lowest BCUT2D eigenvalue weighted by Crippen LogP contribution is -2.63. The van der Waals surface area contributed by atoms with Crippen molar-refractivity contribution in [2.24, 2.45) is 33.5 Å². The summed E-state index contributed by atoms with van der Waals surface area (Å²) in [5, 5.41) is 0. The first kappa shape index (κ1) is 22.0. The van der Waals surface area contributed by atoms with Crippen LogP contribution in [-0.2, 0) is 14.3 Å². The summed E-state index contributed by atoms with van der Waals surface area (Å²) in [6.07, 6.45) is 10.8. The van der Waals surface area contributed by atoms with Gasteiger partial charge in [0.1, 0.15) is 6.10 Å². The van der Waals surface area contributed by atoms with Crippen LogP contribution < -0.4 is 0 Å². The molecular formula is C28H44O3. The minimum absolute atomic E-state index is 0.0211. The van der Waals surface area contributed by atoms with Gasteiger partial charge in [0.15, 0.2) is 0 Å². The topological polar surface area (TPSA) is 35.5 Å². The molecule has 4 aliphatic carbocycles. The van der Waals surface area contributed by atoms with Crippen LogP contribution in [0.25, 0.3) is 0 Å². The van der Waals surface area contributed by atoms with E-state index in [-0.39, 0.29) is 33.9 Å². The number of fused-ring (bicyclic) bond motifs is 3. The summed E-state index contributed by atoms with van der Waals surface area (Å²) in [6, 6.07) is 0. The van der Waals surface area contributed by atoms with Crippen LogP contribution in [0.4, 0.5) is 0 Å². The third-order valence-corrected chi connectivity index (χ3v) is 11.8. The van der Waals surface area contributed by atoms with Crippen LogP contribution in [0.1, 0.15) is 106 Å². The maximum absolute atomic E-state index is 11.8. The molecule has 0 aromatic rings. The molecule has 7 atom stereocenters. The highest BCUT2D eigenvalue weighted by molar-refractivity contribution is 5.66. The molecule has 31 heavy (non-hydrogen) atoms. The second-order valence-electron chi connectivity index (χ2n) is 13.0. The monoisotopic (exact) mass is 428 g/mol. The van der Waals surface area contributed by atoms with Gasteiger partial charge in [-0.3, -0.25) is 4.79 Å². The number of carbonyl (C=O) groups excluding carboxylic acids is 1. The van der Waals surface area contributed by atoms with Crippen molar-refractivity contribution in [2.75, 3.05) is 6.61 Å². The summed E-state index contributed by atoms with van der Waals surface area (Å²) in [4.78, 5) is 11.8. The van der Waals surface area contributed by atoms with Gasteiger partial charge in [-0.2, -0.15) is 0 Å². The normalized spacial score (nSPS) is 50.7. The number of esters is 1. The molecule has 3 fully saturated rings. The fourth-order valence-electron chi connectivity index (χ4n) is 9.89. The zero-order valence-electron chi connectivity index (χ0n) is 21.0. The van der Waals surface area contributed by atoms with Crippen molar-refractivity contribution in [2.45, 2.75) is 118 Å². The molecule has 1 saturated heterocycles. The lowest BCUT2D eigenvalue weighted by atomic mass is 9.43. The molecule has 5 rings (SSSR count). The highest BCUT2D eigenvalue weighted by Gasteiger charge is 2.71. The zero-order valence-corrected chi connectivity index (χ0v) is 21.0. The Balaban J connectivity index is 1.56. The molecular weight excluding hydrogens is 384 g/mol. The van der Waals surface area contributed by atoms with Crippen molar-refractivity contribution < 1.29 is 14.3 Å². The van der Waals surface area contributed by atoms with Crippen LogP contribution in [0.15, 0.2) is 11.1 Å². The van der Waals surface area contributed by atoms with Gasteiger partial charge in [0.05, 0.1) is 5.60 Å². The molecule has 1 spiro atoms. The summed E-state index contributed by atoms with van der Waals surface area (Å²) in [5.41, 5.74) is 4.33. The molecule has 2 saturated carbocycles. The largest absolute Gasteiger partial charge is 0.462 e. The van der Waals surface area contributed by atoms with E-state index in [0.29, 0.717) is 11.3 Å². The van der Waals surface area contributed by atoms with Gasteiger partial charge in [-0.05, 0) is 75.0 Å². The average Bonchev–Trinajstić information content (AvgIpc) is 2.94. The zero-order chi connectivity index (χ0) is 22.4. The maximum Gasteiger partial charge on any atom is 0.302 e. The number of allylic oxidation sites excluding steroid dienone is 1. The Morgan fingerprint density at radius 1 is 0.935 bits per heavy atom. The van der Waals surface area contributed by atoms with Crippen molar-refractivity contribution >= 4 is 5.97 Å². The van der Waals surface area contributed by atoms with Crippen molar-refractivity contribution in [3.63, 3.8) is 0 Å². The van der Waals surface area contributed by atoms with E-state index in [2.05, 4.69) is 41.5 Å². The predicted molar refractivity (Wildman–Crippen MR) is 124 cm³/mol. The van der Waals surface area contributed by atoms with E-state index in [1.807, 2.05) is 0 Å². The minimum Gasteiger partial charge on any atom is -0.462 e. The van der Waals surface area contributed by atoms with E-state index in [9.17, 15) is 4.79 Å². The number of hydrogen-bond donors (Lipinski definition) is 0. The van der Waals surface area contributed by atoms with Crippen molar-refractivity contribution in [3.05, 3.63) is 11.1 Å². The van der Waals surface area contributed by atoms with Gasteiger partial charge in [-0.25, -0.2) is 0 Å². The predicted octanol–water partition coefficient (Wildman–Crippen LogP) is 6.85. The van der Waals surface area contributed by atoms with Gasteiger partial charge >= 0.3 is 5.97 Å². The average molecular weight is 429 g/mol. The van der Waals surface area contributed by atoms with E-state index in [0.717, 1.165) is 25.4 Å². The Morgan fingerprint density at radius 2 is 1.68 bits per heavy atom. The van der Waals surface area contributed by atoms with Crippen molar-refractivity contribution in [1.29, 1.82) is 0 Å². The second-order valence-corrected chi connectivity index (χ2v) is 13.0. The lowest BCUT2D eigenvalue weighted by molar-refractivity contribution is -0.218. The fraction of sp³-hybridized carbons (Fsp3) is 0.893. The van der Waals surface area contributed by atoms with Crippen molar-refractivity contribution in [1.82, 2.24) is 0 Å². The quantitative estimate of drug-likeness (QED) is 0.338. The first-order valence-corrected chi connectivity index (χ1v) is 13.0. The summed E-state index contributed by atoms with van der Waals surface area (Å²) in [7, 11) is 0. The van der Waals surface area contributed by atoms with Crippen LogP contribution in [0, 0.1) is 33.5 Å². The summed E-state index contributed by atoms with van der Waals surface area (Å²) in [5.74, 6) is 1.20. The first-order chi connectivity index (χ1) is 14.4. The smallest absolute Gasteiger partial charge is 0.302 e. The minimum atomic E-state index is -0.127. The van der Waals surface area contributed by atoms with Gasteiger partial charge in [0.25, 0.3) is 0 Å². The summed E-state index contributed by atoms with van der Waals surface area (Å²) in [6.45, 7) is 17.4. The Kier molecular flexibility index (Phi) is 4.69. The fourth-order valence-corrected chi connectivity index (χ4v) is 9.89. The molecule has 0 aromatic carbocycles. The molecule has 1 aliphatic heterocycles. The van der Waals surface area contributed by atoms with Gasteiger partial charge in [-0.15, -0.1) is 0 Å². The maximum atomic E-state index is 11.8. The number of hydrogen-bond acceptors (Lipinski definition) is 3. The molecule has 0 bridgehead atoms. The molecule has 0 aromatic heterocycles. The van der Waals surface area contributed by atoms with Crippen molar-refractivity contribution in [3.8, 4) is 0 Å². The molecule has 3 nitrogen and oxygen atoms in total. The summed E-state index contributed by atoms with van der Waals surface area (Å²) < 4.78 is 12.7. The molecule has 1 heterocycles. The van der Waals surface area contributed by atoms with E-state index in [1.54, 1.807) is 18.1 Å². The van der Waals surface area contributed by atoms with Crippen LogP contribution >= 0.6 is 0 Å². The van der Waals surface area contributed by atoms with Crippen LogP contribution in [-0.4, -0.2) is 24.3 Å². The number of carbonyl (C=O) groups is 1. The third-order valence-electron chi connectivity index (χ3n) is 11.8. The van der Waals surface area contributed by atoms with E-state index >= 15 is 0 Å². The van der Waals surface area contributed by atoms with Crippen LogP contribution in [0.2, 0.25) is 0 Å². The van der Waals surface area contributed by atoms with Gasteiger partial charge in [0, 0.05) is 29.8 Å². The Hall–Kier alpha value is -0.830. The molecule has 0 unspecified atom stereocenters.